The van der Waals surface area contributed by atoms with Crippen LogP contribution in [0.1, 0.15) is 30.4 Å². The number of carbonyl (C=O) groups excluding carboxylic acids is 3. The number of carbonyl (C=O) groups is 4. The smallest absolute Gasteiger partial charge is 0.326 e. The molecule has 0 spiro atoms. The van der Waals surface area contributed by atoms with Crippen molar-refractivity contribution in [1.82, 2.24) is 20.9 Å². The Morgan fingerprint density at radius 3 is 2.17 bits per heavy atom. The Hall–Kier alpha value is -4.07. The van der Waals surface area contributed by atoms with Gasteiger partial charge >= 0.3 is 5.97 Å². The summed E-state index contributed by atoms with van der Waals surface area (Å²) in [7, 11) is 0. The minimum atomic E-state index is -1.25. The van der Waals surface area contributed by atoms with Crippen molar-refractivity contribution >= 4 is 47.2 Å². The van der Waals surface area contributed by atoms with Gasteiger partial charge in [0, 0.05) is 29.3 Å². The molecule has 0 saturated heterocycles. The number of aromatic hydroxyl groups is 1. The summed E-state index contributed by atoms with van der Waals surface area (Å²) in [6, 6.07) is 9.27. The van der Waals surface area contributed by atoms with Crippen molar-refractivity contribution in [3.8, 4) is 5.75 Å². The Kier molecular flexibility index (Phi) is 12.2. The van der Waals surface area contributed by atoms with Crippen molar-refractivity contribution in [3.63, 3.8) is 0 Å². The lowest BCUT2D eigenvalue weighted by Crippen LogP contribution is -2.58. The molecule has 1 aromatic heterocycles. The first-order valence-electron chi connectivity index (χ1n) is 13.7. The molecule has 0 aliphatic heterocycles. The van der Waals surface area contributed by atoms with E-state index in [1.807, 2.05) is 24.3 Å². The van der Waals surface area contributed by atoms with Crippen LogP contribution in [0, 0.1) is 0 Å². The van der Waals surface area contributed by atoms with Crippen molar-refractivity contribution in [2.75, 3.05) is 12.3 Å². The van der Waals surface area contributed by atoms with Crippen LogP contribution in [0.15, 0.2) is 54.7 Å². The topological polar surface area (TPSA) is 213 Å². The number of hydrogen-bond acceptors (Lipinski definition) is 8. The zero-order chi connectivity index (χ0) is 30.6. The number of nitrogens with two attached hydrogens (primary N) is 2. The van der Waals surface area contributed by atoms with Crippen molar-refractivity contribution < 1.29 is 29.4 Å². The summed E-state index contributed by atoms with van der Waals surface area (Å²) < 4.78 is 0. The number of fused-ring (bicyclic) bond motifs is 1. The maximum Gasteiger partial charge on any atom is 0.326 e. The van der Waals surface area contributed by atoms with Crippen LogP contribution in [0.4, 0.5) is 0 Å². The molecule has 3 amide bonds. The molecule has 42 heavy (non-hydrogen) atoms. The SMILES string of the molecule is NCCCCC(NC(=O)C(CS)NC(=O)C(N)Cc1ccc(O)cc1)C(=O)NC(Cc1c[nH]c2ccccc12)C(=O)O. The highest BCUT2D eigenvalue weighted by molar-refractivity contribution is 7.80. The number of rotatable bonds is 16. The maximum absolute atomic E-state index is 13.3. The Balaban J connectivity index is 1.66. The van der Waals surface area contributed by atoms with Crippen LogP contribution in [-0.4, -0.2) is 75.4 Å². The molecule has 3 rings (SSSR count). The van der Waals surface area contributed by atoms with Gasteiger partial charge in [0.2, 0.25) is 17.7 Å². The average Bonchev–Trinajstić information content (AvgIpc) is 3.38. The minimum Gasteiger partial charge on any atom is -0.508 e. The Morgan fingerprint density at radius 1 is 0.857 bits per heavy atom. The first kappa shape index (κ1) is 32.4. The molecule has 0 radical (unpaired) electrons. The molecule has 0 aliphatic carbocycles. The van der Waals surface area contributed by atoms with Crippen molar-refractivity contribution in [2.24, 2.45) is 11.5 Å². The molecule has 0 saturated carbocycles. The highest BCUT2D eigenvalue weighted by Gasteiger charge is 2.30. The van der Waals surface area contributed by atoms with E-state index in [-0.39, 0.29) is 30.8 Å². The zero-order valence-corrected chi connectivity index (χ0v) is 24.0. The summed E-state index contributed by atoms with van der Waals surface area (Å²) >= 11 is 4.19. The number of carboxylic acids is 1. The van der Waals surface area contributed by atoms with Gasteiger partial charge in [-0.2, -0.15) is 12.6 Å². The first-order chi connectivity index (χ1) is 20.1. The molecule has 4 unspecified atom stereocenters. The third-order valence-electron chi connectivity index (χ3n) is 6.84. The number of carboxylic acid groups (broad SMARTS) is 1. The summed E-state index contributed by atoms with van der Waals surface area (Å²) in [5, 5.41) is 27.9. The summed E-state index contributed by atoms with van der Waals surface area (Å²) in [6.45, 7) is 0.384. The van der Waals surface area contributed by atoms with Gasteiger partial charge in [0.1, 0.15) is 23.9 Å². The molecule has 0 aliphatic rings. The molecule has 12 nitrogen and oxygen atoms in total. The van der Waals surface area contributed by atoms with Gasteiger partial charge in [0.05, 0.1) is 6.04 Å². The van der Waals surface area contributed by atoms with E-state index in [2.05, 4.69) is 33.6 Å². The van der Waals surface area contributed by atoms with Gasteiger partial charge in [-0.25, -0.2) is 4.79 Å². The summed E-state index contributed by atoms with van der Waals surface area (Å²) in [6.07, 6.45) is 3.22. The van der Waals surface area contributed by atoms with Gasteiger partial charge in [-0.05, 0) is 61.6 Å². The van der Waals surface area contributed by atoms with E-state index in [0.717, 1.165) is 22.0 Å². The van der Waals surface area contributed by atoms with E-state index in [1.54, 1.807) is 18.3 Å². The number of hydrogen-bond donors (Lipinski definition) is 9. The van der Waals surface area contributed by atoms with E-state index in [9.17, 15) is 29.4 Å². The summed E-state index contributed by atoms with van der Waals surface area (Å²) in [4.78, 5) is 54.3. The van der Waals surface area contributed by atoms with Gasteiger partial charge < -0.3 is 42.6 Å². The number of nitrogens with one attached hydrogen (secondary N) is 4. The molecule has 4 atom stereocenters. The lowest BCUT2D eigenvalue weighted by molar-refractivity contribution is -0.142. The van der Waals surface area contributed by atoms with Crippen LogP contribution in [0.25, 0.3) is 10.9 Å². The van der Waals surface area contributed by atoms with Crippen LogP contribution in [0.3, 0.4) is 0 Å². The quantitative estimate of drug-likeness (QED) is 0.0838. The first-order valence-corrected chi connectivity index (χ1v) is 14.3. The molecule has 3 aromatic rings. The lowest BCUT2D eigenvalue weighted by Gasteiger charge is -2.24. The molecule has 2 aromatic carbocycles. The second-order valence-corrected chi connectivity index (χ2v) is 10.4. The summed E-state index contributed by atoms with van der Waals surface area (Å²) in [5.74, 6) is -3.12. The number of aromatic nitrogens is 1. The van der Waals surface area contributed by atoms with E-state index >= 15 is 0 Å². The van der Waals surface area contributed by atoms with E-state index in [0.29, 0.717) is 19.4 Å². The molecule has 226 valence electrons. The predicted octanol–water partition coefficient (Wildman–Crippen LogP) is 0.584. The fraction of sp³-hybridized carbons (Fsp3) is 0.379. The standard InChI is InChI=1S/C29H38N6O6S/c30-12-4-3-7-23(27(38)34-24(29(40)41)14-18-15-32-22-6-2-1-5-20(18)22)33-28(39)25(16-42)35-26(37)21(31)13-17-8-10-19(36)11-9-17/h1-2,5-6,8-11,15,21,23-25,32,36,42H,3-4,7,12-14,16,30-31H2,(H,33,39)(H,34,38)(H,35,37)(H,40,41). The molecular formula is C29H38N6O6S. The van der Waals surface area contributed by atoms with Crippen LogP contribution < -0.4 is 27.4 Å². The number of para-hydroxylation sites is 1. The number of benzene rings is 2. The number of aliphatic carboxylic acids is 1. The molecule has 10 N–H and O–H groups in total. The maximum atomic E-state index is 13.3. The number of thiol groups is 1. The van der Waals surface area contributed by atoms with Gasteiger partial charge in [0.15, 0.2) is 0 Å². The number of amides is 3. The average molecular weight is 599 g/mol. The second kappa shape index (κ2) is 15.8. The van der Waals surface area contributed by atoms with Crippen molar-refractivity contribution in [2.45, 2.75) is 56.3 Å². The normalized spacial score (nSPS) is 14.0. The van der Waals surface area contributed by atoms with Crippen LogP contribution in [-0.2, 0) is 32.0 Å². The highest BCUT2D eigenvalue weighted by Crippen LogP contribution is 2.19. The van der Waals surface area contributed by atoms with E-state index < -0.39 is 47.9 Å². The van der Waals surface area contributed by atoms with E-state index in [1.165, 1.54) is 12.1 Å². The number of aromatic amines is 1. The minimum absolute atomic E-state index is 0.0306. The zero-order valence-electron chi connectivity index (χ0n) is 23.1. The van der Waals surface area contributed by atoms with E-state index in [4.69, 9.17) is 11.5 Å². The fourth-order valence-corrected chi connectivity index (χ4v) is 4.74. The largest absolute Gasteiger partial charge is 0.508 e. The molecule has 0 fully saturated rings. The third-order valence-corrected chi connectivity index (χ3v) is 7.20. The number of phenolic OH excluding ortho intramolecular Hbond substituents is 1. The van der Waals surface area contributed by atoms with Crippen molar-refractivity contribution in [1.29, 1.82) is 0 Å². The predicted molar refractivity (Wildman–Crippen MR) is 162 cm³/mol. The monoisotopic (exact) mass is 598 g/mol. The van der Waals surface area contributed by atoms with Crippen molar-refractivity contribution in [3.05, 3.63) is 65.9 Å². The number of unbranched alkanes of at least 4 members (excludes halogenated alkanes) is 1. The van der Waals surface area contributed by atoms with Gasteiger partial charge in [-0.15, -0.1) is 0 Å². The van der Waals surface area contributed by atoms with Gasteiger partial charge in [-0.1, -0.05) is 30.3 Å². The summed E-state index contributed by atoms with van der Waals surface area (Å²) in [5.41, 5.74) is 13.9. The van der Waals surface area contributed by atoms with Gasteiger partial charge in [0.25, 0.3) is 0 Å². The second-order valence-electron chi connectivity index (χ2n) is 10.0. The lowest BCUT2D eigenvalue weighted by atomic mass is 10.0. The molecule has 1 heterocycles. The van der Waals surface area contributed by atoms with Crippen LogP contribution >= 0.6 is 12.6 Å². The molecule has 0 bridgehead atoms. The number of phenols is 1. The highest BCUT2D eigenvalue weighted by atomic mass is 32.1. The van der Waals surface area contributed by atoms with Gasteiger partial charge in [-0.3, -0.25) is 14.4 Å². The Bertz CT molecular complexity index is 1360. The third kappa shape index (κ3) is 9.23. The molecular weight excluding hydrogens is 560 g/mol. The van der Waals surface area contributed by atoms with Crippen LogP contribution in [0.5, 0.6) is 5.75 Å². The fourth-order valence-electron chi connectivity index (χ4n) is 4.48. The number of H-pyrrole nitrogens is 1. The molecule has 13 heteroatoms. The Labute approximate surface area is 249 Å². The Morgan fingerprint density at radius 2 is 1.50 bits per heavy atom. The van der Waals surface area contributed by atoms with Crippen LogP contribution in [0.2, 0.25) is 0 Å².